The summed E-state index contributed by atoms with van der Waals surface area (Å²) in [6, 6.07) is 10.1. The number of Topliss-reactive ketones (excluding diaryl/α,β-unsaturated/α-hetero) is 1. The van der Waals surface area contributed by atoms with E-state index >= 15 is 0 Å². The molecule has 0 unspecified atom stereocenters. The molecule has 2 rings (SSSR count). The van der Waals surface area contributed by atoms with Gasteiger partial charge in [0.05, 0.1) is 31.4 Å². The highest BCUT2D eigenvalue weighted by Gasteiger charge is 2.14. The summed E-state index contributed by atoms with van der Waals surface area (Å²) in [6.07, 6.45) is 2.73. The second-order valence-electron chi connectivity index (χ2n) is 5.53. The number of ether oxygens (including phenoxy) is 4. The molecule has 6 nitrogen and oxygen atoms in total. The van der Waals surface area contributed by atoms with E-state index in [1.807, 2.05) is 6.92 Å². The van der Waals surface area contributed by atoms with Crippen LogP contribution in [0.2, 0.25) is 5.02 Å². The molecule has 0 fully saturated rings. The zero-order valence-corrected chi connectivity index (χ0v) is 16.6. The van der Waals surface area contributed by atoms with Gasteiger partial charge in [0.15, 0.2) is 18.1 Å². The number of para-hydroxylation sites is 1. The van der Waals surface area contributed by atoms with Crippen LogP contribution in [0, 0.1) is 0 Å². The molecule has 0 aliphatic rings. The van der Waals surface area contributed by atoms with E-state index in [0.29, 0.717) is 40.0 Å². The highest BCUT2D eigenvalue weighted by molar-refractivity contribution is 6.32. The van der Waals surface area contributed by atoms with Gasteiger partial charge in [0.1, 0.15) is 5.75 Å². The lowest BCUT2D eigenvalue weighted by Crippen LogP contribution is -2.13. The summed E-state index contributed by atoms with van der Waals surface area (Å²) in [6.45, 7) is 1.88. The van der Waals surface area contributed by atoms with Gasteiger partial charge < -0.3 is 18.9 Å². The Balaban J connectivity index is 2.03. The zero-order chi connectivity index (χ0) is 20.5. The van der Waals surface area contributed by atoms with E-state index in [-0.39, 0.29) is 5.78 Å². The van der Waals surface area contributed by atoms with E-state index in [2.05, 4.69) is 0 Å². The first-order valence-corrected chi connectivity index (χ1v) is 8.89. The molecule has 0 atom stereocenters. The Bertz CT molecular complexity index is 875. The Morgan fingerprint density at radius 1 is 1.07 bits per heavy atom. The fourth-order valence-electron chi connectivity index (χ4n) is 2.45. The number of benzene rings is 2. The van der Waals surface area contributed by atoms with E-state index < -0.39 is 12.6 Å². The van der Waals surface area contributed by atoms with Crippen LogP contribution >= 0.6 is 11.6 Å². The first kappa shape index (κ1) is 21.3. The average Bonchev–Trinajstić information content (AvgIpc) is 2.70. The molecule has 0 aromatic heterocycles. The lowest BCUT2D eigenvalue weighted by molar-refractivity contribution is -0.136. The molecule has 148 valence electrons. The maximum atomic E-state index is 12.2. The molecule has 0 heterocycles. The second kappa shape index (κ2) is 10.4. The lowest BCUT2D eigenvalue weighted by Gasteiger charge is -2.11. The van der Waals surface area contributed by atoms with Gasteiger partial charge in [-0.3, -0.25) is 4.79 Å². The maximum Gasteiger partial charge on any atom is 0.331 e. The molecule has 0 radical (unpaired) electrons. The van der Waals surface area contributed by atoms with E-state index in [1.165, 1.54) is 26.4 Å². The highest BCUT2D eigenvalue weighted by Crippen LogP contribution is 2.36. The summed E-state index contributed by atoms with van der Waals surface area (Å²) in [5.41, 5.74) is 0.979. The van der Waals surface area contributed by atoms with Crippen molar-refractivity contribution in [3.8, 4) is 17.2 Å². The summed E-state index contributed by atoms with van der Waals surface area (Å²) < 4.78 is 20.8. The Morgan fingerprint density at radius 3 is 2.50 bits per heavy atom. The molecule has 0 N–H and O–H groups in total. The quantitative estimate of drug-likeness (QED) is 0.354. The minimum Gasteiger partial charge on any atom is -0.496 e. The number of rotatable bonds is 9. The number of ketones is 1. The molecule has 7 heteroatoms. The third kappa shape index (κ3) is 5.50. The average molecular weight is 405 g/mol. The molecule has 28 heavy (non-hydrogen) atoms. The fraction of sp³-hybridized carbons (Fsp3) is 0.238. The molecular formula is C21H21ClO6. The van der Waals surface area contributed by atoms with Gasteiger partial charge in [0, 0.05) is 6.08 Å². The Kier molecular flexibility index (Phi) is 7.89. The molecular weight excluding hydrogens is 384 g/mol. The van der Waals surface area contributed by atoms with Crippen LogP contribution in [0.1, 0.15) is 22.8 Å². The Labute approximate surface area is 168 Å². The van der Waals surface area contributed by atoms with Crippen molar-refractivity contribution in [2.45, 2.75) is 6.92 Å². The largest absolute Gasteiger partial charge is 0.496 e. The van der Waals surface area contributed by atoms with Crippen LogP contribution in [-0.2, 0) is 9.53 Å². The van der Waals surface area contributed by atoms with Crippen LogP contribution in [0.25, 0.3) is 6.08 Å². The van der Waals surface area contributed by atoms with Crippen LogP contribution in [0.4, 0.5) is 0 Å². The second-order valence-corrected chi connectivity index (χ2v) is 5.94. The van der Waals surface area contributed by atoms with Crippen molar-refractivity contribution in [3.05, 3.63) is 58.6 Å². The summed E-state index contributed by atoms with van der Waals surface area (Å²) in [5.74, 6) is 0.302. The van der Waals surface area contributed by atoms with Gasteiger partial charge in [0.25, 0.3) is 0 Å². The molecule has 0 aliphatic heterocycles. The van der Waals surface area contributed by atoms with Gasteiger partial charge in [-0.15, -0.1) is 0 Å². The third-order valence-corrected chi connectivity index (χ3v) is 3.98. The summed E-state index contributed by atoms with van der Waals surface area (Å²) in [7, 11) is 2.96. The molecule has 0 spiro atoms. The van der Waals surface area contributed by atoms with Crippen LogP contribution < -0.4 is 14.2 Å². The van der Waals surface area contributed by atoms with E-state index in [0.717, 1.165) is 0 Å². The van der Waals surface area contributed by atoms with Crippen molar-refractivity contribution in [2.24, 2.45) is 0 Å². The van der Waals surface area contributed by atoms with Crippen molar-refractivity contribution >= 4 is 29.4 Å². The van der Waals surface area contributed by atoms with Gasteiger partial charge >= 0.3 is 5.97 Å². The summed E-state index contributed by atoms with van der Waals surface area (Å²) in [4.78, 5) is 24.1. The predicted molar refractivity (Wildman–Crippen MR) is 106 cm³/mol. The standard InChI is InChI=1S/C21H21ClO6/c1-4-27-19-12-14(11-16(22)21(19)26-3)9-10-20(24)28-13-17(23)15-7-5-6-8-18(15)25-2/h5-12H,4,13H2,1-3H3/b10-9+. The smallest absolute Gasteiger partial charge is 0.331 e. The Hall–Kier alpha value is -2.99. The molecule has 2 aromatic rings. The van der Waals surface area contributed by atoms with Crippen molar-refractivity contribution < 1.29 is 28.5 Å². The van der Waals surface area contributed by atoms with Gasteiger partial charge in [-0.25, -0.2) is 4.79 Å². The number of carbonyl (C=O) groups is 2. The third-order valence-electron chi connectivity index (χ3n) is 3.70. The molecule has 0 amide bonds. The predicted octanol–water partition coefficient (Wildman–Crippen LogP) is 4.20. The van der Waals surface area contributed by atoms with Crippen molar-refractivity contribution in [3.63, 3.8) is 0 Å². The van der Waals surface area contributed by atoms with Crippen LogP contribution in [0.5, 0.6) is 17.2 Å². The first-order valence-electron chi connectivity index (χ1n) is 8.51. The summed E-state index contributed by atoms with van der Waals surface area (Å²) >= 11 is 6.17. The molecule has 0 saturated carbocycles. The molecule has 0 bridgehead atoms. The van der Waals surface area contributed by atoms with Crippen molar-refractivity contribution in [1.82, 2.24) is 0 Å². The van der Waals surface area contributed by atoms with Crippen molar-refractivity contribution in [1.29, 1.82) is 0 Å². The monoisotopic (exact) mass is 404 g/mol. The van der Waals surface area contributed by atoms with Gasteiger partial charge in [-0.05, 0) is 42.8 Å². The molecule has 0 aliphatic carbocycles. The van der Waals surface area contributed by atoms with E-state index in [1.54, 1.807) is 36.4 Å². The number of halogens is 1. The maximum absolute atomic E-state index is 12.2. The first-order chi connectivity index (χ1) is 13.5. The van der Waals surface area contributed by atoms with Crippen molar-refractivity contribution in [2.75, 3.05) is 27.4 Å². The van der Waals surface area contributed by atoms with E-state index in [9.17, 15) is 9.59 Å². The minimum atomic E-state index is -0.659. The van der Waals surface area contributed by atoms with E-state index in [4.69, 9.17) is 30.5 Å². The number of methoxy groups -OCH3 is 2. The number of hydrogen-bond donors (Lipinski definition) is 0. The zero-order valence-electron chi connectivity index (χ0n) is 15.9. The Morgan fingerprint density at radius 2 is 1.82 bits per heavy atom. The minimum absolute atomic E-state index is 0.352. The highest BCUT2D eigenvalue weighted by atomic mass is 35.5. The van der Waals surface area contributed by atoms with Crippen LogP contribution in [-0.4, -0.2) is 39.2 Å². The lowest BCUT2D eigenvalue weighted by atomic mass is 10.1. The molecule has 0 saturated heterocycles. The SMILES string of the molecule is CCOc1cc(/C=C/C(=O)OCC(=O)c2ccccc2OC)cc(Cl)c1OC. The van der Waals surface area contributed by atoms with Crippen LogP contribution in [0.15, 0.2) is 42.5 Å². The fourth-order valence-corrected chi connectivity index (χ4v) is 2.74. The van der Waals surface area contributed by atoms with Gasteiger partial charge in [-0.2, -0.15) is 0 Å². The summed E-state index contributed by atoms with van der Waals surface area (Å²) in [5, 5.41) is 0.354. The van der Waals surface area contributed by atoms with Gasteiger partial charge in [-0.1, -0.05) is 23.7 Å². The van der Waals surface area contributed by atoms with Gasteiger partial charge in [0.2, 0.25) is 5.78 Å². The number of carbonyl (C=O) groups excluding carboxylic acids is 2. The normalized spacial score (nSPS) is 10.6. The molecule has 2 aromatic carbocycles. The number of esters is 1. The number of hydrogen-bond acceptors (Lipinski definition) is 6. The van der Waals surface area contributed by atoms with Crippen LogP contribution in [0.3, 0.4) is 0 Å². The topological polar surface area (TPSA) is 71.1 Å².